The maximum absolute atomic E-state index is 14.5. The molecule has 1 aromatic carbocycles. The van der Waals surface area contributed by atoms with Gasteiger partial charge in [-0.15, -0.1) is 12.4 Å². The molecule has 0 bridgehead atoms. The van der Waals surface area contributed by atoms with Gasteiger partial charge in [0.2, 0.25) is 0 Å². The minimum atomic E-state index is -0.404. The van der Waals surface area contributed by atoms with Crippen molar-refractivity contribution in [2.45, 2.75) is 62.4 Å². The maximum Gasteiger partial charge on any atom is 0.129 e. The molecule has 0 aromatic heterocycles. The molecule has 4 rings (SSSR count). The Morgan fingerprint density at radius 2 is 1.85 bits per heavy atom. The molecule has 3 aliphatic rings. The highest BCUT2D eigenvalue weighted by molar-refractivity contribution is 5.85. The Morgan fingerprint density at radius 3 is 2.52 bits per heavy atom. The topological polar surface area (TPSA) is 33.3 Å². The predicted octanol–water partition coefficient (Wildman–Crippen LogP) is 3.95. The van der Waals surface area contributed by atoms with Crippen LogP contribution in [0, 0.1) is 17.6 Å². The van der Waals surface area contributed by atoms with Gasteiger partial charge in [0.1, 0.15) is 11.6 Å². The van der Waals surface area contributed by atoms with E-state index in [1.54, 1.807) is 0 Å². The van der Waals surface area contributed by atoms with E-state index in [-0.39, 0.29) is 24.0 Å². The van der Waals surface area contributed by atoms with Crippen molar-refractivity contribution >= 4 is 12.4 Å². The zero-order valence-corrected chi connectivity index (χ0v) is 16.6. The lowest BCUT2D eigenvalue weighted by atomic mass is 9.77. The van der Waals surface area contributed by atoms with Gasteiger partial charge >= 0.3 is 0 Å². The van der Waals surface area contributed by atoms with Gasteiger partial charge in [-0.05, 0) is 43.7 Å². The van der Waals surface area contributed by atoms with Crippen molar-refractivity contribution < 1.29 is 13.5 Å². The number of nitrogens with one attached hydrogen (secondary N) is 2. The summed E-state index contributed by atoms with van der Waals surface area (Å²) >= 11 is 0. The first-order valence-electron chi connectivity index (χ1n) is 10.2. The van der Waals surface area contributed by atoms with Gasteiger partial charge in [0, 0.05) is 36.2 Å². The average molecular weight is 401 g/mol. The van der Waals surface area contributed by atoms with Crippen molar-refractivity contribution in [2.24, 2.45) is 5.92 Å². The summed E-state index contributed by atoms with van der Waals surface area (Å²) in [7, 11) is 0. The summed E-state index contributed by atoms with van der Waals surface area (Å²) in [6, 6.07) is 5.07. The number of hydrogen-bond donors (Lipinski definition) is 2. The predicted molar refractivity (Wildman–Crippen MR) is 105 cm³/mol. The van der Waals surface area contributed by atoms with E-state index in [1.807, 2.05) is 0 Å². The van der Waals surface area contributed by atoms with Crippen LogP contribution in [0.4, 0.5) is 8.78 Å². The molecule has 3 fully saturated rings. The third-order valence-electron chi connectivity index (χ3n) is 6.79. The molecule has 0 spiro atoms. The summed E-state index contributed by atoms with van der Waals surface area (Å²) in [4.78, 5) is 0. The van der Waals surface area contributed by atoms with Crippen molar-refractivity contribution in [3.8, 4) is 0 Å². The summed E-state index contributed by atoms with van der Waals surface area (Å²) < 4.78 is 34.7. The molecule has 2 aliphatic carbocycles. The first kappa shape index (κ1) is 21.0. The standard InChI is InChI=1S/C21H30F2N2O.ClH/c22-16-6-4-7-17(23)20(16)21(9-1-2-10-21)14-25-18-8-3-5-15(18)19-13-26-12-11-24-19;/h4,6-7,15,18-19,24-25H,1-3,5,8-14H2;1H. The normalized spacial score (nSPS) is 30.2. The second kappa shape index (κ2) is 9.17. The summed E-state index contributed by atoms with van der Waals surface area (Å²) in [5.74, 6) is -0.239. The molecule has 3 unspecified atom stereocenters. The molecular formula is C21H31ClF2N2O. The van der Waals surface area contributed by atoms with Crippen LogP contribution in [0.1, 0.15) is 50.5 Å². The minimum Gasteiger partial charge on any atom is -0.379 e. The van der Waals surface area contributed by atoms with Crippen LogP contribution < -0.4 is 10.6 Å². The maximum atomic E-state index is 14.5. The van der Waals surface area contributed by atoms with Gasteiger partial charge in [-0.3, -0.25) is 0 Å². The van der Waals surface area contributed by atoms with E-state index in [1.165, 1.54) is 31.0 Å². The second-order valence-electron chi connectivity index (χ2n) is 8.30. The molecule has 0 radical (unpaired) electrons. The molecule has 3 atom stereocenters. The number of hydrogen-bond acceptors (Lipinski definition) is 3. The van der Waals surface area contributed by atoms with E-state index >= 15 is 0 Å². The molecule has 1 saturated heterocycles. The SMILES string of the molecule is Cl.Fc1cccc(F)c1C1(CNC2CCCC2C2COCCN2)CCCC1. The first-order valence-corrected chi connectivity index (χ1v) is 10.2. The van der Waals surface area contributed by atoms with E-state index in [9.17, 15) is 8.78 Å². The molecule has 27 heavy (non-hydrogen) atoms. The van der Waals surface area contributed by atoms with Gasteiger partial charge < -0.3 is 15.4 Å². The smallest absolute Gasteiger partial charge is 0.129 e. The van der Waals surface area contributed by atoms with Crippen molar-refractivity contribution in [1.29, 1.82) is 0 Å². The molecule has 3 nitrogen and oxygen atoms in total. The van der Waals surface area contributed by atoms with Gasteiger partial charge in [0.15, 0.2) is 0 Å². The van der Waals surface area contributed by atoms with Gasteiger partial charge in [0.25, 0.3) is 0 Å². The average Bonchev–Trinajstić information content (AvgIpc) is 3.31. The van der Waals surface area contributed by atoms with Gasteiger partial charge in [0.05, 0.1) is 13.2 Å². The zero-order chi connectivity index (χ0) is 18.0. The van der Waals surface area contributed by atoms with Crippen LogP contribution in [-0.4, -0.2) is 38.4 Å². The Labute approximate surface area is 167 Å². The number of morpholine rings is 1. The van der Waals surface area contributed by atoms with Crippen LogP contribution in [0.15, 0.2) is 18.2 Å². The third kappa shape index (κ3) is 4.31. The molecular weight excluding hydrogens is 370 g/mol. The Morgan fingerprint density at radius 1 is 1.11 bits per heavy atom. The Bertz CT molecular complexity index is 598. The quantitative estimate of drug-likeness (QED) is 0.785. The van der Waals surface area contributed by atoms with Crippen LogP contribution in [0.25, 0.3) is 0 Å². The van der Waals surface area contributed by atoms with Gasteiger partial charge in [-0.1, -0.05) is 25.3 Å². The monoisotopic (exact) mass is 400 g/mol. The highest BCUT2D eigenvalue weighted by Crippen LogP contribution is 2.43. The summed E-state index contributed by atoms with van der Waals surface area (Å²) in [5.41, 5.74) is -0.0994. The lowest BCUT2D eigenvalue weighted by Crippen LogP contribution is -2.52. The number of ether oxygens (including phenoxy) is 1. The Kier molecular flexibility index (Phi) is 7.12. The van der Waals surface area contributed by atoms with E-state index in [0.717, 1.165) is 51.9 Å². The van der Waals surface area contributed by atoms with Crippen molar-refractivity contribution in [3.05, 3.63) is 35.4 Å². The van der Waals surface area contributed by atoms with Crippen LogP contribution in [0.3, 0.4) is 0 Å². The largest absolute Gasteiger partial charge is 0.379 e. The highest BCUT2D eigenvalue weighted by atomic mass is 35.5. The molecule has 6 heteroatoms. The second-order valence-corrected chi connectivity index (χ2v) is 8.30. The van der Waals surface area contributed by atoms with Gasteiger partial charge in [-0.2, -0.15) is 0 Å². The Hall–Kier alpha value is -0.750. The fourth-order valence-corrected chi connectivity index (χ4v) is 5.48. The number of rotatable bonds is 5. The van der Waals surface area contributed by atoms with Crippen LogP contribution >= 0.6 is 12.4 Å². The molecule has 1 heterocycles. The lowest BCUT2D eigenvalue weighted by molar-refractivity contribution is 0.0520. The molecule has 152 valence electrons. The minimum absolute atomic E-state index is 0. The third-order valence-corrected chi connectivity index (χ3v) is 6.79. The van der Waals surface area contributed by atoms with Gasteiger partial charge in [-0.25, -0.2) is 8.78 Å². The Balaban J connectivity index is 0.00000210. The molecule has 1 aromatic rings. The van der Waals surface area contributed by atoms with Crippen LogP contribution in [0.5, 0.6) is 0 Å². The van der Waals surface area contributed by atoms with Crippen LogP contribution in [-0.2, 0) is 10.2 Å². The van der Waals surface area contributed by atoms with E-state index < -0.39 is 5.41 Å². The fraction of sp³-hybridized carbons (Fsp3) is 0.714. The number of halogens is 3. The van der Waals surface area contributed by atoms with Crippen molar-refractivity contribution in [3.63, 3.8) is 0 Å². The zero-order valence-electron chi connectivity index (χ0n) is 15.8. The molecule has 2 saturated carbocycles. The van der Waals surface area contributed by atoms with Crippen LogP contribution in [0.2, 0.25) is 0 Å². The highest BCUT2D eigenvalue weighted by Gasteiger charge is 2.42. The van der Waals surface area contributed by atoms with Crippen molar-refractivity contribution in [1.82, 2.24) is 10.6 Å². The molecule has 0 amide bonds. The summed E-state index contributed by atoms with van der Waals surface area (Å²) in [6.07, 6.45) is 7.35. The summed E-state index contributed by atoms with van der Waals surface area (Å²) in [6.45, 7) is 3.14. The van der Waals surface area contributed by atoms with E-state index in [2.05, 4.69) is 10.6 Å². The fourth-order valence-electron chi connectivity index (χ4n) is 5.48. The molecule has 1 aliphatic heterocycles. The van der Waals surface area contributed by atoms with Crippen molar-refractivity contribution in [2.75, 3.05) is 26.3 Å². The first-order chi connectivity index (χ1) is 12.7. The van der Waals surface area contributed by atoms with E-state index in [0.29, 0.717) is 30.1 Å². The lowest BCUT2D eigenvalue weighted by Gasteiger charge is -2.36. The number of benzene rings is 1. The molecule has 2 N–H and O–H groups in total. The summed E-state index contributed by atoms with van der Waals surface area (Å²) in [5, 5.41) is 7.33. The van der Waals surface area contributed by atoms with E-state index in [4.69, 9.17) is 4.74 Å².